The molecule has 10 nitrogen and oxygen atoms in total. The number of aromatic hydroxyl groups is 4. The van der Waals surface area contributed by atoms with Crippen molar-refractivity contribution in [2.24, 2.45) is 5.92 Å². The van der Waals surface area contributed by atoms with Crippen LogP contribution in [-0.4, -0.2) is 50.1 Å². The van der Waals surface area contributed by atoms with Crippen LogP contribution >= 0.6 is 0 Å². The summed E-state index contributed by atoms with van der Waals surface area (Å²) >= 11 is 0. The first-order valence-corrected chi connectivity index (χ1v) is 18.7. The Balaban J connectivity index is 1.08. The van der Waals surface area contributed by atoms with Crippen molar-refractivity contribution >= 4 is 23.5 Å². The molecule has 3 heterocycles. The average Bonchev–Trinajstić information content (AvgIpc) is 3.83. The van der Waals surface area contributed by atoms with E-state index in [4.69, 9.17) is 10.1 Å². The van der Waals surface area contributed by atoms with Crippen LogP contribution in [0.2, 0.25) is 0 Å². The molecule has 1 aliphatic carbocycles. The highest BCUT2D eigenvalue weighted by Crippen LogP contribution is 2.44. The summed E-state index contributed by atoms with van der Waals surface area (Å²) in [6, 6.07) is 19.4. The third-order valence-corrected chi connectivity index (χ3v) is 10.6. The Morgan fingerprint density at radius 3 is 2.61 bits per heavy atom. The van der Waals surface area contributed by atoms with Crippen LogP contribution < -0.4 is 9.72 Å². The number of aryl methyl sites for hydroxylation is 2. The van der Waals surface area contributed by atoms with Crippen LogP contribution in [0.5, 0.6) is 28.7 Å². The highest BCUT2D eigenvalue weighted by molar-refractivity contribution is 6.02. The molecule has 2 aromatic heterocycles. The highest BCUT2D eigenvalue weighted by atomic mass is 16.5. The molecule has 0 amide bonds. The maximum Gasteiger partial charge on any atom is 0.164 e. The number of aromatic amines is 1. The zero-order chi connectivity index (χ0) is 37.6. The number of nitrogens with one attached hydrogen (secondary N) is 1. The van der Waals surface area contributed by atoms with Crippen LogP contribution in [0.1, 0.15) is 83.5 Å². The van der Waals surface area contributed by atoms with Crippen LogP contribution in [0.15, 0.2) is 84.7 Å². The van der Waals surface area contributed by atoms with Gasteiger partial charge >= 0.3 is 0 Å². The molecule has 2 aliphatic rings. The molecule has 280 valence electrons. The number of benzene rings is 3. The van der Waals surface area contributed by atoms with Crippen molar-refractivity contribution in [1.82, 2.24) is 9.97 Å². The van der Waals surface area contributed by atoms with E-state index in [-0.39, 0.29) is 59.9 Å². The topological polar surface area (TPSA) is 168 Å². The van der Waals surface area contributed by atoms with E-state index in [1.54, 1.807) is 36.7 Å². The molecule has 2 atom stereocenters. The summed E-state index contributed by atoms with van der Waals surface area (Å²) in [5, 5.41) is 44.9. The van der Waals surface area contributed by atoms with Gasteiger partial charge in [0.05, 0.1) is 13.0 Å². The van der Waals surface area contributed by atoms with E-state index in [1.807, 2.05) is 36.4 Å². The second-order valence-electron chi connectivity index (χ2n) is 14.4. The zero-order valence-electron chi connectivity index (χ0n) is 30.1. The number of ether oxygens (including phenoxy) is 1. The quantitative estimate of drug-likeness (QED) is 0.0386. The van der Waals surface area contributed by atoms with Crippen molar-refractivity contribution in [1.29, 1.82) is 0 Å². The van der Waals surface area contributed by atoms with Crippen molar-refractivity contribution in [3.8, 4) is 28.7 Å². The van der Waals surface area contributed by atoms with E-state index in [1.165, 1.54) is 12.1 Å². The van der Waals surface area contributed by atoms with Crippen LogP contribution in [-0.2, 0) is 35.3 Å². The Bertz CT molecular complexity index is 2160. The molecule has 0 fully saturated rings. The van der Waals surface area contributed by atoms with Gasteiger partial charge in [-0.05, 0) is 110 Å². The van der Waals surface area contributed by atoms with Gasteiger partial charge < -0.3 is 40.4 Å². The van der Waals surface area contributed by atoms with Gasteiger partial charge in [-0.25, -0.2) is 0 Å². The van der Waals surface area contributed by atoms with E-state index in [0.717, 1.165) is 83.2 Å². The fourth-order valence-corrected chi connectivity index (χ4v) is 7.97. The number of hydrogen-bond donors (Lipinski definition) is 5. The number of carbonyl (C=O) groups is 2. The van der Waals surface area contributed by atoms with Gasteiger partial charge in [-0.2, -0.15) is 6.20 Å². The Morgan fingerprint density at radius 2 is 1.76 bits per heavy atom. The van der Waals surface area contributed by atoms with Crippen molar-refractivity contribution < 1.29 is 34.8 Å². The lowest BCUT2D eigenvalue weighted by atomic mass is 9.71. The number of phenols is 4. The minimum absolute atomic E-state index is 0.109. The van der Waals surface area contributed by atoms with Crippen LogP contribution in [0, 0.1) is 5.92 Å². The van der Waals surface area contributed by atoms with Crippen LogP contribution in [0.3, 0.4) is 0 Å². The molecule has 10 heteroatoms. The predicted molar refractivity (Wildman–Crippen MR) is 206 cm³/mol. The summed E-state index contributed by atoms with van der Waals surface area (Å²) in [7, 11) is 0. The van der Waals surface area contributed by atoms with Crippen LogP contribution in [0.25, 0.3) is 11.4 Å². The molecule has 0 radical (unpaired) electrons. The van der Waals surface area contributed by atoms with E-state index in [9.17, 15) is 30.0 Å². The molecule has 0 unspecified atom stereocenters. The number of aromatic nitrogens is 2. The number of unbranched alkanes of at least 4 members (excludes halogenated alkanes) is 1. The third-order valence-electron chi connectivity index (χ3n) is 10.6. The molecule has 5 N–H and O–H groups in total. The number of carbonyl (C=O) groups excluding carboxylic acids is 2. The fraction of sp³-hybridized carbons (Fsp3) is 0.318. The Kier molecular flexibility index (Phi) is 11.1. The Labute approximate surface area is 314 Å². The van der Waals surface area contributed by atoms with E-state index < -0.39 is 5.92 Å². The molecule has 54 heavy (non-hydrogen) atoms. The maximum atomic E-state index is 14.4. The number of ketones is 2. The molecular formula is C44H45N3O7-2. The second-order valence-corrected chi connectivity index (χ2v) is 14.4. The van der Waals surface area contributed by atoms with Crippen molar-refractivity contribution in [3.05, 3.63) is 129 Å². The zero-order valence-corrected chi connectivity index (χ0v) is 30.1. The summed E-state index contributed by atoms with van der Waals surface area (Å²) in [6.45, 7) is 0.775. The van der Waals surface area contributed by atoms with Gasteiger partial charge in [-0.1, -0.05) is 72.0 Å². The summed E-state index contributed by atoms with van der Waals surface area (Å²) in [6.07, 6.45) is 11.3. The number of H-pyrrole nitrogens is 1. The molecular weight excluding hydrogens is 682 g/mol. The lowest BCUT2D eigenvalue weighted by molar-refractivity contribution is -0.129. The Morgan fingerprint density at radius 1 is 0.889 bits per heavy atom. The lowest BCUT2D eigenvalue weighted by Gasteiger charge is -2.36. The van der Waals surface area contributed by atoms with Gasteiger partial charge in [0.15, 0.2) is 23.0 Å². The summed E-state index contributed by atoms with van der Waals surface area (Å²) in [5.74, 6) is 0.136. The number of nitrogens with zero attached hydrogens (tertiary/aromatic N) is 2. The first-order valence-electron chi connectivity index (χ1n) is 18.7. The maximum absolute atomic E-state index is 14.4. The number of phenolic OH excluding ortho intramolecular Hbond substituents is 4. The van der Waals surface area contributed by atoms with E-state index in [0.29, 0.717) is 31.0 Å². The minimum atomic E-state index is -0.558. The van der Waals surface area contributed by atoms with Crippen molar-refractivity contribution in [2.75, 3.05) is 13.2 Å². The number of Topliss-reactive ketones (excluding diaryl/α,β-unsaturated/α-hetero) is 2. The molecule has 7 rings (SSSR count). The monoisotopic (exact) mass is 727 g/mol. The van der Waals surface area contributed by atoms with Gasteiger partial charge in [0.2, 0.25) is 0 Å². The first kappa shape index (κ1) is 36.5. The number of fused-ring (bicyclic) bond motifs is 2. The number of rotatable bonds is 16. The predicted octanol–water partition coefficient (Wildman–Crippen LogP) is 8.09. The van der Waals surface area contributed by atoms with E-state index in [2.05, 4.69) is 9.97 Å². The molecule has 0 bridgehead atoms. The molecule has 0 saturated heterocycles. The van der Waals surface area contributed by atoms with E-state index >= 15 is 0 Å². The van der Waals surface area contributed by atoms with Gasteiger partial charge in [-0.15, -0.1) is 5.69 Å². The summed E-state index contributed by atoms with van der Waals surface area (Å²) < 4.78 is 5.72. The molecule has 5 aromatic rings. The molecule has 1 aliphatic heterocycles. The molecule has 0 saturated carbocycles. The summed E-state index contributed by atoms with van der Waals surface area (Å²) in [4.78, 5) is 35.8. The van der Waals surface area contributed by atoms with Gasteiger partial charge in [0, 0.05) is 17.9 Å². The third kappa shape index (κ3) is 8.33. The minimum Gasteiger partial charge on any atom is -0.664 e. The average molecular weight is 728 g/mol. The Hall–Kier alpha value is -5.90. The van der Waals surface area contributed by atoms with Gasteiger partial charge in [0.1, 0.15) is 17.3 Å². The summed E-state index contributed by atoms with van der Waals surface area (Å²) in [5.41, 5.74) is 7.29. The van der Waals surface area contributed by atoms with Crippen molar-refractivity contribution in [2.45, 2.75) is 70.1 Å². The van der Waals surface area contributed by atoms with Gasteiger partial charge in [0.25, 0.3) is 0 Å². The largest absolute Gasteiger partial charge is 0.664 e. The second kappa shape index (κ2) is 16.4. The smallest absolute Gasteiger partial charge is 0.164 e. The molecule has 3 aromatic carbocycles. The first-order chi connectivity index (χ1) is 26.2. The number of hydrogen-bond acceptors (Lipinski definition) is 7. The highest BCUT2D eigenvalue weighted by Gasteiger charge is 2.35. The fourth-order valence-electron chi connectivity index (χ4n) is 7.97. The van der Waals surface area contributed by atoms with Crippen molar-refractivity contribution in [3.63, 3.8) is 0 Å². The molecule has 0 spiro atoms. The SMILES string of the molecule is O=C(CCc1ccc(O)c2c1CCCO2)CC(=O)[C@@H]1C(C[N-]c2[nH]ccc2Cc2ccc(O)c(O)c2)=Cc2[n-]ccc2[C@H]1CCCCc1cccc(O)c1. The van der Waals surface area contributed by atoms with Crippen LogP contribution in [0.4, 0.5) is 5.82 Å². The lowest BCUT2D eigenvalue weighted by Crippen LogP contribution is -2.30. The van der Waals surface area contributed by atoms with Gasteiger partial charge in [-0.3, -0.25) is 9.59 Å². The standard InChI is InChI=1S/C44H45N3O7/c48-32-7-3-6-27(22-32)5-1-2-8-36-35-17-19-45-37(35)24-31(26-47-44-30(16-18-46-44)21-28-10-14-38(50)40(52)23-28)42(36)41(53)25-33(49)13-11-29-12-15-39(51)43-34(29)9-4-20-54-43/h3,6-7,10,12,14-19,22-24,36,42,46,48,50-52H,1-2,4-5,8-9,11,13,20-21,25-26H2/q-2/t36-,42-/m1/s1. The normalized spacial score (nSPS) is 16.2.